The Labute approximate surface area is 198 Å². The van der Waals surface area contributed by atoms with Gasteiger partial charge < -0.3 is 11.1 Å². The van der Waals surface area contributed by atoms with Crippen LogP contribution in [0.1, 0.15) is 15.9 Å². The second-order valence-corrected chi connectivity index (χ2v) is 9.37. The largest absolute Gasteiger partial charge is 0.398 e. The molecule has 0 atom stereocenters. The molecule has 0 radical (unpaired) electrons. The second kappa shape index (κ2) is 10.3. The van der Waals surface area contributed by atoms with E-state index < -0.39 is 10.0 Å². The fourth-order valence-corrected chi connectivity index (χ4v) is 4.61. The number of nitrogens with one attached hydrogen (secondary N) is 2. The molecule has 0 spiro atoms. The molecule has 0 aliphatic heterocycles. The number of benzene rings is 3. The lowest BCUT2D eigenvalue weighted by Gasteiger charge is -2.13. The topological polar surface area (TPSA) is 114 Å². The van der Waals surface area contributed by atoms with Crippen LogP contribution < -0.4 is 15.8 Å². The predicted molar refractivity (Wildman–Crippen MR) is 134 cm³/mol. The third kappa shape index (κ3) is 5.48. The third-order valence-electron chi connectivity index (χ3n) is 5.33. The summed E-state index contributed by atoms with van der Waals surface area (Å²) in [5, 5.41) is 2.80. The Hall–Kier alpha value is -4.01. The highest BCUT2D eigenvalue weighted by Crippen LogP contribution is 2.22. The smallest absolute Gasteiger partial charge is 0.256 e. The number of rotatable bonds is 8. The Bertz CT molecular complexity index is 1370. The zero-order chi connectivity index (χ0) is 24.0. The van der Waals surface area contributed by atoms with Crippen molar-refractivity contribution in [1.82, 2.24) is 9.71 Å². The Morgan fingerprint density at radius 1 is 0.824 bits per heavy atom. The summed E-state index contributed by atoms with van der Waals surface area (Å²) in [7, 11) is -3.72. The average molecular weight is 473 g/mol. The fraction of sp³-hybridized carbons (Fsp3) is 0.0769. The van der Waals surface area contributed by atoms with E-state index in [4.69, 9.17) is 5.73 Å². The molecule has 0 aliphatic carbocycles. The van der Waals surface area contributed by atoms with E-state index in [-0.39, 0.29) is 23.8 Å². The van der Waals surface area contributed by atoms with E-state index in [1.165, 1.54) is 0 Å². The van der Waals surface area contributed by atoms with Gasteiger partial charge in [-0.15, -0.1) is 0 Å². The van der Waals surface area contributed by atoms with Crippen LogP contribution in [0.5, 0.6) is 0 Å². The van der Waals surface area contributed by atoms with Crippen LogP contribution in [0.4, 0.5) is 11.4 Å². The molecule has 0 saturated carbocycles. The Morgan fingerprint density at radius 2 is 1.50 bits per heavy atom. The first-order valence-corrected chi connectivity index (χ1v) is 12.2. The number of pyridine rings is 1. The number of sulfonamides is 1. The van der Waals surface area contributed by atoms with Gasteiger partial charge >= 0.3 is 0 Å². The number of nitrogens with two attached hydrogens (primary N) is 1. The van der Waals surface area contributed by atoms with Crippen LogP contribution in [0.25, 0.3) is 11.1 Å². The summed E-state index contributed by atoms with van der Waals surface area (Å²) < 4.78 is 28.2. The van der Waals surface area contributed by atoms with Crippen LogP contribution >= 0.6 is 0 Å². The second-order valence-electron chi connectivity index (χ2n) is 7.60. The number of aromatic nitrogens is 1. The highest BCUT2D eigenvalue weighted by atomic mass is 32.2. The summed E-state index contributed by atoms with van der Waals surface area (Å²) >= 11 is 0. The van der Waals surface area contributed by atoms with Crippen molar-refractivity contribution in [2.75, 3.05) is 17.6 Å². The van der Waals surface area contributed by atoms with E-state index in [1.54, 1.807) is 67.0 Å². The Kier molecular flexibility index (Phi) is 7.01. The van der Waals surface area contributed by atoms with Crippen molar-refractivity contribution in [3.8, 4) is 11.1 Å². The molecule has 172 valence electrons. The third-order valence-corrected chi connectivity index (χ3v) is 6.81. The first-order valence-electron chi connectivity index (χ1n) is 10.7. The van der Waals surface area contributed by atoms with Crippen LogP contribution in [0, 0.1) is 0 Å². The van der Waals surface area contributed by atoms with Gasteiger partial charge in [0.15, 0.2) is 0 Å². The summed E-state index contributed by atoms with van der Waals surface area (Å²) in [4.78, 5) is 16.9. The van der Waals surface area contributed by atoms with Crippen LogP contribution in [0.2, 0.25) is 0 Å². The first kappa shape index (κ1) is 23.2. The molecular weight excluding hydrogens is 448 g/mol. The number of carbonyl (C=O) groups is 1. The van der Waals surface area contributed by atoms with Gasteiger partial charge in [-0.05, 0) is 59.5 Å². The van der Waals surface area contributed by atoms with Gasteiger partial charge in [-0.2, -0.15) is 0 Å². The number of amides is 1. The molecule has 0 fully saturated rings. The molecule has 7 nitrogen and oxygen atoms in total. The summed E-state index contributed by atoms with van der Waals surface area (Å²) in [6.07, 6.45) is 3.42. The van der Waals surface area contributed by atoms with Gasteiger partial charge in [0.05, 0.1) is 4.90 Å². The Balaban J connectivity index is 1.44. The lowest BCUT2D eigenvalue weighted by molar-refractivity contribution is 0.102. The quantitative estimate of drug-likeness (QED) is 0.334. The summed E-state index contributed by atoms with van der Waals surface area (Å²) in [5.41, 5.74) is 10.1. The van der Waals surface area contributed by atoms with Gasteiger partial charge in [-0.25, -0.2) is 13.1 Å². The van der Waals surface area contributed by atoms with E-state index in [1.807, 2.05) is 30.3 Å². The predicted octanol–water partition coefficient (Wildman–Crippen LogP) is 4.10. The maximum absolute atomic E-state index is 12.8. The molecule has 4 N–H and O–H groups in total. The molecule has 1 amide bonds. The van der Waals surface area contributed by atoms with Crippen LogP contribution in [-0.2, 0) is 16.4 Å². The van der Waals surface area contributed by atoms with E-state index >= 15 is 0 Å². The van der Waals surface area contributed by atoms with Crippen molar-refractivity contribution in [3.63, 3.8) is 0 Å². The number of nitrogens with zero attached hydrogens (tertiary/aromatic N) is 1. The zero-order valence-corrected chi connectivity index (χ0v) is 19.1. The summed E-state index contributed by atoms with van der Waals surface area (Å²) in [5.74, 6) is -0.326. The lowest BCUT2D eigenvalue weighted by Crippen LogP contribution is -2.27. The van der Waals surface area contributed by atoms with Crippen molar-refractivity contribution >= 4 is 27.3 Å². The number of nitrogen functional groups attached to an aromatic ring is 1. The summed E-state index contributed by atoms with van der Waals surface area (Å²) in [6, 6.07) is 24.9. The molecule has 4 rings (SSSR count). The van der Waals surface area contributed by atoms with Crippen molar-refractivity contribution < 1.29 is 13.2 Å². The highest BCUT2D eigenvalue weighted by Gasteiger charge is 2.17. The summed E-state index contributed by atoms with van der Waals surface area (Å²) in [6.45, 7) is 0.0898. The van der Waals surface area contributed by atoms with Gasteiger partial charge in [-0.1, -0.05) is 48.5 Å². The van der Waals surface area contributed by atoms with Crippen molar-refractivity contribution in [1.29, 1.82) is 0 Å². The molecule has 0 aliphatic rings. The molecule has 8 heteroatoms. The maximum atomic E-state index is 12.8. The van der Waals surface area contributed by atoms with Crippen LogP contribution in [0.15, 0.2) is 102 Å². The van der Waals surface area contributed by atoms with Gasteiger partial charge in [0, 0.05) is 35.9 Å². The van der Waals surface area contributed by atoms with Crippen molar-refractivity contribution in [2.24, 2.45) is 0 Å². The minimum Gasteiger partial charge on any atom is -0.398 e. The van der Waals surface area contributed by atoms with E-state index in [0.29, 0.717) is 22.5 Å². The van der Waals surface area contributed by atoms with E-state index in [9.17, 15) is 13.2 Å². The first-order chi connectivity index (χ1) is 16.4. The monoisotopic (exact) mass is 472 g/mol. The fourth-order valence-electron chi connectivity index (χ4n) is 3.58. The van der Waals surface area contributed by atoms with Crippen LogP contribution in [-0.4, -0.2) is 25.9 Å². The van der Waals surface area contributed by atoms with Crippen molar-refractivity contribution in [2.45, 2.75) is 11.3 Å². The molecule has 0 saturated heterocycles. The minimum absolute atomic E-state index is 0.0898. The van der Waals surface area contributed by atoms with Crippen molar-refractivity contribution in [3.05, 3.63) is 108 Å². The van der Waals surface area contributed by atoms with Gasteiger partial charge in [0.2, 0.25) is 10.0 Å². The SMILES string of the molecule is Nc1cccc(C(=O)Nc2ccncc2)c1CCNS(=O)(=O)c1ccc(-c2ccccc2)cc1. The number of anilines is 2. The molecule has 34 heavy (non-hydrogen) atoms. The maximum Gasteiger partial charge on any atom is 0.256 e. The normalized spacial score (nSPS) is 11.2. The van der Waals surface area contributed by atoms with E-state index in [0.717, 1.165) is 11.1 Å². The zero-order valence-electron chi connectivity index (χ0n) is 18.3. The lowest BCUT2D eigenvalue weighted by atomic mass is 10.0. The molecule has 1 heterocycles. The minimum atomic E-state index is -3.72. The number of hydrogen-bond donors (Lipinski definition) is 3. The standard InChI is InChI=1S/C26H24N4O3S/c27-25-8-4-7-24(26(31)30-21-13-16-28-17-14-21)23(25)15-18-29-34(32,33)22-11-9-20(10-12-22)19-5-2-1-3-6-19/h1-14,16-17,29H,15,18,27H2,(H,28,30,31). The molecule has 0 bridgehead atoms. The van der Waals surface area contributed by atoms with Crippen LogP contribution in [0.3, 0.4) is 0 Å². The van der Waals surface area contributed by atoms with E-state index in [2.05, 4.69) is 15.0 Å². The van der Waals surface area contributed by atoms with Gasteiger partial charge in [0.1, 0.15) is 0 Å². The Morgan fingerprint density at radius 3 is 2.21 bits per heavy atom. The number of hydrogen-bond acceptors (Lipinski definition) is 5. The molecule has 4 aromatic rings. The highest BCUT2D eigenvalue weighted by molar-refractivity contribution is 7.89. The number of carbonyl (C=O) groups excluding carboxylic acids is 1. The average Bonchev–Trinajstić information content (AvgIpc) is 2.86. The molecule has 3 aromatic carbocycles. The molecule has 1 aromatic heterocycles. The van der Waals surface area contributed by atoms with Gasteiger partial charge in [-0.3, -0.25) is 9.78 Å². The molecular formula is C26H24N4O3S. The molecule has 0 unspecified atom stereocenters. The van der Waals surface area contributed by atoms with Gasteiger partial charge in [0.25, 0.3) is 5.91 Å².